The number of rotatable bonds is 5. The Morgan fingerprint density at radius 1 is 0.667 bits per heavy atom. The van der Waals surface area contributed by atoms with Crippen molar-refractivity contribution in [2.45, 2.75) is 0 Å². The Bertz CT molecular complexity index is 669. The molecule has 0 fully saturated rings. The second kappa shape index (κ2) is 7.23. The molecule has 0 aliphatic heterocycles. The van der Waals surface area contributed by atoms with Crippen molar-refractivity contribution in [1.82, 2.24) is 10.6 Å². The zero-order valence-corrected chi connectivity index (χ0v) is 12.5. The van der Waals surface area contributed by atoms with E-state index in [2.05, 4.69) is 10.6 Å². The fourth-order valence-electron chi connectivity index (χ4n) is 2.05. The first kappa shape index (κ1) is 16.9. The van der Waals surface area contributed by atoms with Gasteiger partial charge in [0, 0.05) is 13.1 Å². The van der Waals surface area contributed by atoms with E-state index in [0.29, 0.717) is 0 Å². The first-order valence-electron chi connectivity index (χ1n) is 7.00. The number of benzene rings is 2. The summed E-state index contributed by atoms with van der Waals surface area (Å²) in [6.45, 7) is 0.0133. The molecular formula is C16H16N2O6. The number of carbonyl (C=O) groups excluding carboxylic acids is 2. The molecule has 8 heteroatoms. The Kier molecular flexibility index (Phi) is 5.10. The van der Waals surface area contributed by atoms with E-state index >= 15 is 0 Å². The van der Waals surface area contributed by atoms with Crippen LogP contribution in [0.1, 0.15) is 20.7 Å². The van der Waals surface area contributed by atoms with Crippen LogP contribution in [0, 0.1) is 0 Å². The minimum absolute atomic E-state index is 0.00665. The van der Waals surface area contributed by atoms with Gasteiger partial charge in [-0.05, 0) is 24.3 Å². The van der Waals surface area contributed by atoms with Crippen molar-refractivity contribution in [2.75, 3.05) is 13.1 Å². The van der Waals surface area contributed by atoms with Crippen molar-refractivity contribution >= 4 is 11.8 Å². The topological polar surface area (TPSA) is 139 Å². The van der Waals surface area contributed by atoms with Crippen LogP contribution >= 0.6 is 0 Å². The lowest BCUT2D eigenvalue weighted by molar-refractivity contribution is 0.0921. The molecule has 126 valence electrons. The van der Waals surface area contributed by atoms with Crippen molar-refractivity contribution in [2.24, 2.45) is 0 Å². The quantitative estimate of drug-likeness (QED) is 0.445. The largest absolute Gasteiger partial charge is 0.507 e. The lowest BCUT2D eigenvalue weighted by atomic mass is 10.1. The number of hydrogen-bond donors (Lipinski definition) is 6. The molecule has 0 unspecified atom stereocenters. The second-order valence-corrected chi connectivity index (χ2v) is 4.85. The fourth-order valence-corrected chi connectivity index (χ4v) is 2.05. The molecule has 0 spiro atoms. The zero-order valence-electron chi connectivity index (χ0n) is 12.5. The summed E-state index contributed by atoms with van der Waals surface area (Å²) >= 11 is 0. The van der Waals surface area contributed by atoms with Gasteiger partial charge in [-0.25, -0.2) is 0 Å². The minimum atomic E-state index is -0.703. The maximum Gasteiger partial charge on any atom is 0.258 e. The summed E-state index contributed by atoms with van der Waals surface area (Å²) in [5.41, 5.74) is -0.524. The van der Waals surface area contributed by atoms with Crippen LogP contribution in [0.4, 0.5) is 0 Å². The van der Waals surface area contributed by atoms with Gasteiger partial charge in [-0.1, -0.05) is 12.1 Å². The van der Waals surface area contributed by atoms with Crippen LogP contribution in [0.2, 0.25) is 0 Å². The average Bonchev–Trinajstić information content (AvgIpc) is 2.51. The van der Waals surface area contributed by atoms with Gasteiger partial charge in [-0.2, -0.15) is 0 Å². The summed E-state index contributed by atoms with van der Waals surface area (Å²) in [6.07, 6.45) is 0. The highest BCUT2D eigenvalue weighted by Crippen LogP contribution is 2.26. The summed E-state index contributed by atoms with van der Waals surface area (Å²) in [5, 5.41) is 43.1. The van der Waals surface area contributed by atoms with E-state index < -0.39 is 11.8 Å². The van der Waals surface area contributed by atoms with Gasteiger partial charge in [0.15, 0.2) is 0 Å². The van der Waals surface area contributed by atoms with Gasteiger partial charge in [-0.15, -0.1) is 0 Å². The van der Waals surface area contributed by atoms with Crippen LogP contribution < -0.4 is 10.6 Å². The molecule has 2 rings (SSSR count). The smallest absolute Gasteiger partial charge is 0.258 e. The maximum atomic E-state index is 11.9. The first-order valence-corrected chi connectivity index (χ1v) is 7.00. The Hall–Kier alpha value is -3.42. The standard InChI is InChI=1S/C16H16N2O6/c19-9-3-1-4-10(20)13(9)15(23)17-7-8-18-16(24)14-11(21)5-2-6-12(14)22/h1-6,19-22H,7-8H2,(H,17,23)(H,18,24). The molecule has 24 heavy (non-hydrogen) atoms. The van der Waals surface area contributed by atoms with Gasteiger partial charge >= 0.3 is 0 Å². The molecule has 2 aromatic rings. The highest BCUT2D eigenvalue weighted by molar-refractivity contribution is 6.00. The van der Waals surface area contributed by atoms with Crippen LogP contribution in [-0.2, 0) is 0 Å². The Morgan fingerprint density at radius 3 is 1.25 bits per heavy atom. The molecule has 0 aliphatic rings. The first-order chi connectivity index (χ1) is 11.4. The monoisotopic (exact) mass is 332 g/mol. The van der Waals surface area contributed by atoms with Crippen LogP contribution in [0.5, 0.6) is 23.0 Å². The van der Waals surface area contributed by atoms with Crippen molar-refractivity contribution in [3.8, 4) is 23.0 Å². The Morgan fingerprint density at radius 2 is 0.958 bits per heavy atom. The molecule has 0 saturated heterocycles. The third kappa shape index (κ3) is 3.67. The zero-order chi connectivity index (χ0) is 17.7. The molecule has 0 heterocycles. The Labute approximate surface area is 137 Å². The predicted molar refractivity (Wildman–Crippen MR) is 84.2 cm³/mol. The van der Waals surface area contributed by atoms with Crippen molar-refractivity contribution in [3.63, 3.8) is 0 Å². The van der Waals surface area contributed by atoms with Gasteiger partial charge in [-0.3, -0.25) is 9.59 Å². The van der Waals surface area contributed by atoms with Crippen molar-refractivity contribution in [3.05, 3.63) is 47.5 Å². The van der Waals surface area contributed by atoms with Crippen LogP contribution in [0.3, 0.4) is 0 Å². The van der Waals surface area contributed by atoms with Crippen LogP contribution in [-0.4, -0.2) is 45.3 Å². The Balaban J connectivity index is 1.89. The van der Waals surface area contributed by atoms with Gasteiger partial charge in [0.2, 0.25) is 0 Å². The lowest BCUT2D eigenvalue weighted by Gasteiger charge is -2.10. The van der Waals surface area contributed by atoms with Crippen molar-refractivity contribution < 1.29 is 30.0 Å². The molecule has 6 N–H and O–H groups in total. The summed E-state index contributed by atoms with van der Waals surface area (Å²) < 4.78 is 0. The third-order valence-corrected chi connectivity index (χ3v) is 3.19. The molecule has 0 radical (unpaired) electrons. The number of carbonyl (C=O) groups is 2. The molecule has 0 aromatic heterocycles. The van der Waals surface area contributed by atoms with Gasteiger partial charge in [0.05, 0.1) is 0 Å². The number of phenols is 4. The van der Waals surface area contributed by atoms with E-state index in [9.17, 15) is 30.0 Å². The van der Waals surface area contributed by atoms with Crippen LogP contribution in [0.15, 0.2) is 36.4 Å². The van der Waals surface area contributed by atoms with E-state index in [0.717, 1.165) is 0 Å². The lowest BCUT2D eigenvalue weighted by Crippen LogP contribution is -2.34. The molecular weight excluding hydrogens is 316 g/mol. The minimum Gasteiger partial charge on any atom is -0.507 e. The average molecular weight is 332 g/mol. The normalized spacial score (nSPS) is 10.2. The number of phenolic OH excluding ortho intramolecular Hbond substituents is 4. The number of hydrogen-bond acceptors (Lipinski definition) is 6. The van der Waals surface area contributed by atoms with Crippen LogP contribution in [0.25, 0.3) is 0 Å². The van der Waals surface area contributed by atoms with Crippen molar-refractivity contribution in [1.29, 1.82) is 0 Å². The van der Waals surface area contributed by atoms with Gasteiger partial charge in [0.25, 0.3) is 11.8 Å². The van der Waals surface area contributed by atoms with Gasteiger partial charge in [0.1, 0.15) is 34.1 Å². The SMILES string of the molecule is O=C(NCCNC(=O)c1c(O)cccc1O)c1c(O)cccc1O. The predicted octanol–water partition coefficient (Wildman–Crippen LogP) is 0.669. The van der Waals surface area contributed by atoms with Gasteiger partial charge < -0.3 is 31.1 Å². The summed E-state index contributed by atoms with van der Waals surface area (Å²) in [7, 11) is 0. The third-order valence-electron chi connectivity index (χ3n) is 3.19. The molecule has 0 atom stereocenters. The number of nitrogens with one attached hydrogen (secondary N) is 2. The summed E-state index contributed by atoms with van der Waals surface area (Å²) in [6, 6.07) is 7.82. The molecule has 2 amide bonds. The summed E-state index contributed by atoms with van der Waals surface area (Å²) in [4.78, 5) is 23.8. The summed E-state index contributed by atoms with van der Waals surface area (Å²) in [5.74, 6) is -2.87. The fraction of sp³-hybridized carbons (Fsp3) is 0.125. The van der Waals surface area contributed by atoms with E-state index in [1.54, 1.807) is 0 Å². The highest BCUT2D eigenvalue weighted by atomic mass is 16.3. The molecule has 2 aromatic carbocycles. The van der Waals surface area contributed by atoms with E-state index in [-0.39, 0.29) is 47.2 Å². The maximum absolute atomic E-state index is 11.9. The molecule has 0 aliphatic carbocycles. The highest BCUT2D eigenvalue weighted by Gasteiger charge is 2.17. The number of aromatic hydroxyl groups is 4. The molecule has 8 nitrogen and oxygen atoms in total. The number of amides is 2. The molecule has 0 saturated carbocycles. The molecule has 0 bridgehead atoms. The van der Waals surface area contributed by atoms with E-state index in [4.69, 9.17) is 0 Å². The van der Waals surface area contributed by atoms with E-state index in [1.165, 1.54) is 36.4 Å². The van der Waals surface area contributed by atoms with E-state index in [1.807, 2.05) is 0 Å². The second-order valence-electron chi connectivity index (χ2n) is 4.85.